The molecule has 1 fully saturated rings. The molecular formula is C13H15Cl2NO4S. The summed E-state index contributed by atoms with van der Waals surface area (Å²) in [7, 11) is 1.43. The van der Waals surface area contributed by atoms with Crippen LogP contribution in [0.5, 0.6) is 0 Å². The summed E-state index contributed by atoms with van der Waals surface area (Å²) in [5.41, 5.74) is 0.923. The fraction of sp³-hybridized carbons (Fsp3) is 0.462. The molecule has 1 N–H and O–H groups in total. The number of rotatable bonds is 3. The number of hydrogen-bond acceptors (Lipinski definition) is 4. The van der Waals surface area contributed by atoms with Gasteiger partial charge in [-0.25, -0.2) is 8.42 Å². The van der Waals surface area contributed by atoms with Gasteiger partial charge < -0.3 is 10.1 Å². The predicted octanol–water partition coefficient (Wildman–Crippen LogP) is 2.94. The van der Waals surface area contributed by atoms with Gasteiger partial charge in [-0.2, -0.15) is 0 Å². The van der Waals surface area contributed by atoms with E-state index in [9.17, 15) is 13.2 Å². The largest absolute Gasteiger partial charge is 0.378 e. The topological polar surface area (TPSA) is 72.5 Å². The third-order valence-corrected chi connectivity index (χ3v) is 4.99. The van der Waals surface area contributed by atoms with Gasteiger partial charge in [-0.15, -0.1) is 0 Å². The highest BCUT2D eigenvalue weighted by molar-refractivity contribution is 8.13. The van der Waals surface area contributed by atoms with E-state index in [1.165, 1.54) is 12.1 Å². The molecule has 0 aromatic heterocycles. The van der Waals surface area contributed by atoms with E-state index in [0.717, 1.165) is 0 Å². The zero-order chi connectivity index (χ0) is 15.8. The standard InChI is InChI=1S/C13H15Cl2NO4S/c1-7-3-10(21(15,18)19)5-11(14)12(7)16-13(17)9-4-8(2)20-6-9/h3,5,8-9H,4,6H2,1-2H3,(H,16,17). The number of ether oxygens (including phenoxy) is 1. The Kier molecular flexibility index (Phi) is 4.82. The average Bonchev–Trinajstić information content (AvgIpc) is 2.79. The first-order chi connectivity index (χ1) is 9.68. The van der Waals surface area contributed by atoms with Crippen LogP contribution in [0.2, 0.25) is 5.02 Å². The van der Waals surface area contributed by atoms with Gasteiger partial charge in [0.1, 0.15) is 0 Å². The van der Waals surface area contributed by atoms with Crippen molar-refractivity contribution in [2.45, 2.75) is 31.3 Å². The zero-order valence-corrected chi connectivity index (χ0v) is 13.8. The molecule has 2 unspecified atom stereocenters. The molecule has 0 aliphatic carbocycles. The van der Waals surface area contributed by atoms with Crippen LogP contribution in [0, 0.1) is 12.8 Å². The molecule has 0 spiro atoms. The number of carbonyl (C=O) groups excluding carboxylic acids is 1. The number of benzene rings is 1. The lowest BCUT2D eigenvalue weighted by molar-refractivity contribution is -0.119. The van der Waals surface area contributed by atoms with Crippen LogP contribution in [0.15, 0.2) is 17.0 Å². The zero-order valence-electron chi connectivity index (χ0n) is 11.5. The Balaban J connectivity index is 2.23. The second kappa shape index (κ2) is 6.12. The molecule has 2 atom stereocenters. The van der Waals surface area contributed by atoms with Crippen LogP contribution in [0.1, 0.15) is 18.9 Å². The molecule has 0 bridgehead atoms. The molecule has 8 heteroatoms. The van der Waals surface area contributed by atoms with Crippen molar-refractivity contribution in [3.63, 3.8) is 0 Å². The highest BCUT2D eigenvalue weighted by Gasteiger charge is 2.29. The van der Waals surface area contributed by atoms with Crippen LogP contribution in [-0.2, 0) is 18.6 Å². The Hall–Kier alpha value is -0.820. The van der Waals surface area contributed by atoms with E-state index >= 15 is 0 Å². The monoisotopic (exact) mass is 351 g/mol. The van der Waals surface area contributed by atoms with E-state index < -0.39 is 9.05 Å². The molecule has 0 radical (unpaired) electrons. The molecular weight excluding hydrogens is 337 g/mol. The van der Waals surface area contributed by atoms with Gasteiger partial charge in [0, 0.05) is 10.7 Å². The summed E-state index contributed by atoms with van der Waals surface area (Å²) in [4.78, 5) is 12.1. The van der Waals surface area contributed by atoms with E-state index in [2.05, 4.69) is 5.32 Å². The summed E-state index contributed by atoms with van der Waals surface area (Å²) < 4.78 is 28.0. The van der Waals surface area contributed by atoms with Gasteiger partial charge in [0.25, 0.3) is 9.05 Å². The molecule has 1 aromatic carbocycles. The average molecular weight is 352 g/mol. The van der Waals surface area contributed by atoms with Gasteiger partial charge in [-0.05, 0) is 38.0 Å². The summed E-state index contributed by atoms with van der Waals surface area (Å²) in [6.07, 6.45) is 0.706. The van der Waals surface area contributed by atoms with Crippen molar-refractivity contribution in [2.24, 2.45) is 5.92 Å². The SMILES string of the molecule is Cc1cc(S(=O)(=O)Cl)cc(Cl)c1NC(=O)C1COC(C)C1. The first-order valence-corrected chi connectivity index (χ1v) is 9.04. The van der Waals surface area contributed by atoms with Gasteiger partial charge in [-0.1, -0.05) is 11.6 Å². The lowest BCUT2D eigenvalue weighted by Gasteiger charge is -2.14. The van der Waals surface area contributed by atoms with Crippen LogP contribution >= 0.6 is 22.3 Å². The molecule has 21 heavy (non-hydrogen) atoms. The first kappa shape index (κ1) is 16.5. The molecule has 1 aliphatic heterocycles. The Morgan fingerprint density at radius 2 is 2.10 bits per heavy atom. The Morgan fingerprint density at radius 1 is 1.43 bits per heavy atom. The number of anilines is 1. The van der Waals surface area contributed by atoms with Crippen LogP contribution in [0.4, 0.5) is 5.69 Å². The highest BCUT2D eigenvalue weighted by Crippen LogP contribution is 2.31. The molecule has 1 heterocycles. The van der Waals surface area contributed by atoms with Gasteiger partial charge >= 0.3 is 0 Å². The molecule has 1 aromatic rings. The summed E-state index contributed by atoms with van der Waals surface area (Å²) in [6.45, 7) is 3.93. The maximum atomic E-state index is 12.2. The second-order valence-electron chi connectivity index (χ2n) is 5.10. The molecule has 116 valence electrons. The predicted molar refractivity (Wildman–Crippen MR) is 81.4 cm³/mol. The van der Waals surface area contributed by atoms with Crippen molar-refractivity contribution >= 4 is 42.9 Å². The van der Waals surface area contributed by atoms with E-state index in [-0.39, 0.29) is 27.8 Å². The fourth-order valence-corrected chi connectivity index (χ4v) is 3.46. The van der Waals surface area contributed by atoms with Crippen LogP contribution in [-0.4, -0.2) is 27.0 Å². The molecule has 0 saturated carbocycles. The number of amides is 1. The number of aryl methyl sites for hydroxylation is 1. The smallest absolute Gasteiger partial charge is 0.261 e. The first-order valence-electron chi connectivity index (χ1n) is 6.35. The molecule has 1 aliphatic rings. The normalized spacial score (nSPS) is 22.3. The minimum Gasteiger partial charge on any atom is -0.378 e. The van der Waals surface area contributed by atoms with Gasteiger partial charge in [-0.3, -0.25) is 4.79 Å². The number of hydrogen-bond donors (Lipinski definition) is 1. The quantitative estimate of drug-likeness (QED) is 0.849. The molecule has 1 amide bonds. The van der Waals surface area contributed by atoms with E-state index in [1.807, 2.05) is 6.92 Å². The van der Waals surface area contributed by atoms with E-state index in [0.29, 0.717) is 24.3 Å². The lowest BCUT2D eigenvalue weighted by Crippen LogP contribution is -2.23. The van der Waals surface area contributed by atoms with Crippen LogP contribution < -0.4 is 5.32 Å². The summed E-state index contributed by atoms with van der Waals surface area (Å²) in [5.74, 6) is -0.419. The molecule has 5 nitrogen and oxygen atoms in total. The maximum absolute atomic E-state index is 12.2. The number of halogens is 2. The summed E-state index contributed by atoms with van der Waals surface area (Å²) in [5, 5.41) is 2.86. The van der Waals surface area contributed by atoms with Crippen molar-refractivity contribution in [3.8, 4) is 0 Å². The third-order valence-electron chi connectivity index (χ3n) is 3.36. The molecule has 2 rings (SSSR count). The number of carbonyl (C=O) groups is 1. The Bertz CT molecular complexity index is 652. The fourth-order valence-electron chi connectivity index (χ4n) is 2.24. The van der Waals surface area contributed by atoms with Crippen molar-refractivity contribution in [2.75, 3.05) is 11.9 Å². The van der Waals surface area contributed by atoms with E-state index in [4.69, 9.17) is 27.0 Å². The minimum atomic E-state index is -3.86. The van der Waals surface area contributed by atoms with Gasteiger partial charge in [0.2, 0.25) is 5.91 Å². The van der Waals surface area contributed by atoms with Crippen molar-refractivity contribution in [1.29, 1.82) is 0 Å². The number of nitrogens with one attached hydrogen (secondary N) is 1. The van der Waals surface area contributed by atoms with Gasteiger partial charge in [0.15, 0.2) is 0 Å². The summed E-state index contributed by atoms with van der Waals surface area (Å²) >= 11 is 6.05. The Labute approximate surface area is 133 Å². The highest BCUT2D eigenvalue weighted by atomic mass is 35.7. The summed E-state index contributed by atoms with van der Waals surface area (Å²) in [6, 6.07) is 2.60. The van der Waals surface area contributed by atoms with Crippen molar-refractivity contribution in [1.82, 2.24) is 0 Å². The maximum Gasteiger partial charge on any atom is 0.261 e. The van der Waals surface area contributed by atoms with Crippen molar-refractivity contribution < 1.29 is 17.9 Å². The Morgan fingerprint density at radius 3 is 2.57 bits per heavy atom. The van der Waals surface area contributed by atoms with E-state index in [1.54, 1.807) is 6.92 Å². The van der Waals surface area contributed by atoms with Crippen LogP contribution in [0.25, 0.3) is 0 Å². The van der Waals surface area contributed by atoms with Crippen LogP contribution in [0.3, 0.4) is 0 Å². The van der Waals surface area contributed by atoms with Crippen molar-refractivity contribution in [3.05, 3.63) is 22.7 Å². The lowest BCUT2D eigenvalue weighted by atomic mass is 10.1. The van der Waals surface area contributed by atoms with Gasteiger partial charge in [0.05, 0.1) is 34.2 Å². The third kappa shape index (κ3) is 3.88. The molecule has 1 saturated heterocycles. The second-order valence-corrected chi connectivity index (χ2v) is 8.07. The minimum absolute atomic E-state index is 0.0566.